The van der Waals surface area contributed by atoms with E-state index in [1.807, 2.05) is 0 Å². The molecule has 14 heavy (non-hydrogen) atoms. The molecule has 86 valence electrons. The maximum Gasteiger partial charge on any atom is 0.0793 e. The van der Waals surface area contributed by atoms with Gasteiger partial charge in [0.05, 0.1) is 6.10 Å². The third kappa shape index (κ3) is 7.30. The molecule has 0 aliphatic carbocycles. The first-order valence-corrected chi connectivity index (χ1v) is 5.65. The fourth-order valence-corrected chi connectivity index (χ4v) is 1.72. The molecule has 0 bridgehead atoms. The Hall–Kier alpha value is -0.120. The number of rotatable bonds is 8. The fourth-order valence-electron chi connectivity index (χ4n) is 1.72. The van der Waals surface area contributed by atoms with Crippen LogP contribution in [-0.2, 0) is 0 Å². The second-order valence-electron chi connectivity index (χ2n) is 4.18. The molecule has 0 saturated heterocycles. The normalized spacial score (nSPS) is 12.0. The number of aliphatic hydroxyl groups excluding tert-OH is 1. The summed E-state index contributed by atoms with van der Waals surface area (Å²) in [5.41, 5.74) is 0. The SMILES string of the molecule is CCCN(C)CC(O)CN(C)CCC. The van der Waals surface area contributed by atoms with Gasteiger partial charge in [0.15, 0.2) is 0 Å². The number of nitrogens with zero attached hydrogens (tertiary/aromatic N) is 2. The summed E-state index contributed by atoms with van der Waals surface area (Å²) in [6.45, 7) is 8.01. The monoisotopic (exact) mass is 202 g/mol. The van der Waals surface area contributed by atoms with E-state index in [1.165, 1.54) is 0 Å². The van der Waals surface area contributed by atoms with Gasteiger partial charge in [-0.25, -0.2) is 0 Å². The van der Waals surface area contributed by atoms with Gasteiger partial charge in [-0.1, -0.05) is 13.8 Å². The van der Waals surface area contributed by atoms with Gasteiger partial charge in [0.2, 0.25) is 0 Å². The largest absolute Gasteiger partial charge is 0.390 e. The van der Waals surface area contributed by atoms with Crippen LogP contribution < -0.4 is 0 Å². The second kappa shape index (κ2) is 8.21. The minimum atomic E-state index is -0.219. The Morgan fingerprint density at radius 2 is 1.29 bits per heavy atom. The summed E-state index contributed by atoms with van der Waals surface area (Å²) in [4.78, 5) is 4.37. The molecule has 0 aromatic rings. The predicted octanol–water partition coefficient (Wildman–Crippen LogP) is 1.03. The van der Waals surface area contributed by atoms with Crippen molar-refractivity contribution in [3.8, 4) is 0 Å². The molecule has 0 unspecified atom stereocenters. The van der Waals surface area contributed by atoms with Gasteiger partial charge in [-0.05, 0) is 40.0 Å². The van der Waals surface area contributed by atoms with Gasteiger partial charge in [-0.3, -0.25) is 0 Å². The van der Waals surface area contributed by atoms with Crippen molar-refractivity contribution in [2.24, 2.45) is 0 Å². The maximum atomic E-state index is 9.76. The number of hydrogen-bond donors (Lipinski definition) is 1. The summed E-state index contributed by atoms with van der Waals surface area (Å²) in [7, 11) is 4.12. The van der Waals surface area contributed by atoms with Gasteiger partial charge >= 0.3 is 0 Å². The van der Waals surface area contributed by atoms with E-state index >= 15 is 0 Å². The highest BCUT2D eigenvalue weighted by molar-refractivity contribution is 4.65. The first-order valence-electron chi connectivity index (χ1n) is 5.65. The lowest BCUT2D eigenvalue weighted by Gasteiger charge is -2.24. The molecule has 3 nitrogen and oxygen atoms in total. The van der Waals surface area contributed by atoms with E-state index in [4.69, 9.17) is 0 Å². The molecule has 0 radical (unpaired) electrons. The Balaban J connectivity index is 3.57. The van der Waals surface area contributed by atoms with Crippen molar-refractivity contribution in [2.45, 2.75) is 32.8 Å². The van der Waals surface area contributed by atoms with Gasteiger partial charge in [0.25, 0.3) is 0 Å². The van der Waals surface area contributed by atoms with Crippen LogP contribution in [0.15, 0.2) is 0 Å². The quantitative estimate of drug-likeness (QED) is 0.637. The second-order valence-corrected chi connectivity index (χ2v) is 4.18. The van der Waals surface area contributed by atoms with Gasteiger partial charge in [-0.2, -0.15) is 0 Å². The van der Waals surface area contributed by atoms with Gasteiger partial charge in [0.1, 0.15) is 0 Å². The fraction of sp³-hybridized carbons (Fsp3) is 1.00. The van der Waals surface area contributed by atoms with E-state index in [-0.39, 0.29) is 6.10 Å². The smallest absolute Gasteiger partial charge is 0.0793 e. The predicted molar refractivity (Wildman–Crippen MR) is 61.6 cm³/mol. The molecule has 0 rings (SSSR count). The molecule has 0 amide bonds. The van der Waals surface area contributed by atoms with Crippen LogP contribution in [0.1, 0.15) is 26.7 Å². The molecule has 0 saturated carbocycles. The topological polar surface area (TPSA) is 26.7 Å². The Morgan fingerprint density at radius 1 is 0.929 bits per heavy atom. The van der Waals surface area contributed by atoms with Crippen LogP contribution in [0.25, 0.3) is 0 Å². The maximum absolute atomic E-state index is 9.76. The van der Waals surface area contributed by atoms with Crippen LogP contribution >= 0.6 is 0 Å². The Labute approximate surface area is 88.7 Å². The zero-order valence-electron chi connectivity index (χ0n) is 10.2. The highest BCUT2D eigenvalue weighted by Crippen LogP contribution is 1.95. The van der Waals surface area contributed by atoms with Crippen LogP contribution in [0.4, 0.5) is 0 Å². The first kappa shape index (κ1) is 13.9. The molecule has 0 fully saturated rings. The summed E-state index contributed by atoms with van der Waals surface area (Å²) in [6.07, 6.45) is 2.07. The molecular formula is C11H26N2O. The minimum absolute atomic E-state index is 0.219. The van der Waals surface area contributed by atoms with Crippen molar-refractivity contribution in [1.82, 2.24) is 9.80 Å². The average molecular weight is 202 g/mol. The Morgan fingerprint density at radius 3 is 1.57 bits per heavy atom. The average Bonchev–Trinajstić information content (AvgIpc) is 2.03. The van der Waals surface area contributed by atoms with Crippen molar-refractivity contribution in [2.75, 3.05) is 40.3 Å². The van der Waals surface area contributed by atoms with Crippen LogP contribution in [0, 0.1) is 0 Å². The summed E-state index contributed by atoms with van der Waals surface area (Å²) >= 11 is 0. The van der Waals surface area contributed by atoms with Crippen LogP contribution in [0.2, 0.25) is 0 Å². The lowest BCUT2D eigenvalue weighted by atomic mass is 10.3. The van der Waals surface area contributed by atoms with Gasteiger partial charge < -0.3 is 14.9 Å². The summed E-state index contributed by atoms with van der Waals surface area (Å²) in [6, 6.07) is 0. The van der Waals surface area contributed by atoms with Crippen LogP contribution in [-0.4, -0.2) is 61.3 Å². The highest BCUT2D eigenvalue weighted by Gasteiger charge is 2.09. The molecule has 0 heterocycles. The van der Waals surface area contributed by atoms with E-state index in [0.717, 1.165) is 39.0 Å². The Bertz CT molecular complexity index is 116. The third-order valence-electron chi connectivity index (χ3n) is 2.26. The molecule has 0 atom stereocenters. The molecule has 3 heteroatoms. The van der Waals surface area contributed by atoms with Gasteiger partial charge in [0, 0.05) is 13.1 Å². The first-order chi connectivity index (χ1) is 6.60. The van der Waals surface area contributed by atoms with Crippen molar-refractivity contribution < 1.29 is 5.11 Å². The number of hydrogen-bond acceptors (Lipinski definition) is 3. The zero-order valence-corrected chi connectivity index (χ0v) is 10.2. The van der Waals surface area contributed by atoms with Crippen molar-refractivity contribution in [3.63, 3.8) is 0 Å². The van der Waals surface area contributed by atoms with E-state index in [9.17, 15) is 5.11 Å². The highest BCUT2D eigenvalue weighted by atomic mass is 16.3. The van der Waals surface area contributed by atoms with Crippen molar-refractivity contribution >= 4 is 0 Å². The summed E-state index contributed by atoms with van der Waals surface area (Å²) in [5, 5.41) is 9.76. The van der Waals surface area contributed by atoms with E-state index in [1.54, 1.807) is 0 Å². The van der Waals surface area contributed by atoms with Crippen LogP contribution in [0.5, 0.6) is 0 Å². The molecule has 0 spiro atoms. The molecule has 0 aromatic carbocycles. The summed E-state index contributed by atoms with van der Waals surface area (Å²) < 4.78 is 0. The van der Waals surface area contributed by atoms with E-state index in [0.29, 0.717) is 0 Å². The minimum Gasteiger partial charge on any atom is -0.390 e. The van der Waals surface area contributed by atoms with Crippen LogP contribution in [0.3, 0.4) is 0 Å². The molecule has 1 N–H and O–H groups in total. The standard InChI is InChI=1S/C11H26N2O/c1-5-7-12(3)9-11(14)10-13(4)8-6-2/h11,14H,5-10H2,1-4H3. The third-order valence-corrected chi connectivity index (χ3v) is 2.26. The van der Waals surface area contributed by atoms with Crippen molar-refractivity contribution in [3.05, 3.63) is 0 Å². The van der Waals surface area contributed by atoms with E-state index < -0.39 is 0 Å². The number of aliphatic hydroxyl groups is 1. The Kier molecular flexibility index (Phi) is 8.14. The summed E-state index contributed by atoms with van der Waals surface area (Å²) in [5.74, 6) is 0. The molecular weight excluding hydrogens is 176 g/mol. The van der Waals surface area contributed by atoms with Gasteiger partial charge in [-0.15, -0.1) is 0 Å². The van der Waals surface area contributed by atoms with E-state index in [2.05, 4.69) is 37.7 Å². The van der Waals surface area contributed by atoms with Crippen molar-refractivity contribution in [1.29, 1.82) is 0 Å². The molecule has 0 aromatic heterocycles. The molecule has 0 aliphatic rings. The lowest BCUT2D eigenvalue weighted by molar-refractivity contribution is 0.0912. The molecule has 0 aliphatic heterocycles. The lowest BCUT2D eigenvalue weighted by Crippen LogP contribution is -2.37. The zero-order chi connectivity index (χ0) is 11.0. The number of likely N-dealkylation sites (N-methyl/N-ethyl adjacent to an activating group) is 2.